The number of anilines is 1. The van der Waals surface area contributed by atoms with E-state index in [1.165, 1.54) is 12.1 Å². The third-order valence-electron chi connectivity index (χ3n) is 3.86. The number of benzene rings is 1. The molecule has 0 spiro atoms. The normalized spacial score (nSPS) is 11.0. The quantitative estimate of drug-likeness (QED) is 0.715. The van der Waals surface area contributed by atoms with Crippen LogP contribution in [0.4, 0.5) is 10.1 Å². The van der Waals surface area contributed by atoms with Crippen LogP contribution in [0.15, 0.2) is 30.3 Å². The van der Waals surface area contributed by atoms with Gasteiger partial charge in [-0.05, 0) is 50.6 Å². The van der Waals surface area contributed by atoms with Crippen molar-refractivity contribution < 1.29 is 9.18 Å². The van der Waals surface area contributed by atoms with E-state index in [-0.39, 0.29) is 18.3 Å². The van der Waals surface area contributed by atoms with E-state index in [0.29, 0.717) is 23.7 Å². The molecule has 0 N–H and O–H groups in total. The fraction of sp³-hybridized carbons (Fsp3) is 0.333. The van der Waals surface area contributed by atoms with E-state index in [1.54, 1.807) is 21.5 Å². The molecular weight excluding hydrogens is 321 g/mol. The molecule has 0 unspecified atom stereocenters. The van der Waals surface area contributed by atoms with Gasteiger partial charge >= 0.3 is 0 Å². The second-order valence-electron chi connectivity index (χ2n) is 5.99. The Bertz CT molecular complexity index is 904. The van der Waals surface area contributed by atoms with E-state index in [9.17, 15) is 9.18 Å². The SMILES string of the molecule is CCCC(=O)N(Cc1nc2nc(C)cc(C)n2n1)c1ccc(F)cc1. The number of carbonyl (C=O) groups is 1. The summed E-state index contributed by atoms with van der Waals surface area (Å²) in [6.07, 6.45) is 1.14. The molecule has 3 rings (SSSR count). The second kappa shape index (κ2) is 6.96. The number of aromatic nitrogens is 4. The Hall–Kier alpha value is -2.83. The Morgan fingerprint density at radius 3 is 2.60 bits per heavy atom. The lowest BCUT2D eigenvalue weighted by Crippen LogP contribution is -2.30. The number of rotatable bonds is 5. The molecular formula is C18H20FN5O. The summed E-state index contributed by atoms with van der Waals surface area (Å²) in [6, 6.07) is 7.78. The van der Waals surface area contributed by atoms with Gasteiger partial charge < -0.3 is 4.90 Å². The average Bonchev–Trinajstić information content (AvgIpc) is 2.97. The summed E-state index contributed by atoms with van der Waals surface area (Å²) >= 11 is 0. The molecule has 0 saturated heterocycles. The molecule has 2 heterocycles. The molecule has 0 radical (unpaired) electrons. The van der Waals surface area contributed by atoms with Gasteiger partial charge in [-0.1, -0.05) is 6.92 Å². The number of amides is 1. The molecule has 0 aliphatic rings. The van der Waals surface area contributed by atoms with E-state index in [0.717, 1.165) is 17.8 Å². The fourth-order valence-electron chi connectivity index (χ4n) is 2.71. The number of halogens is 1. The highest BCUT2D eigenvalue weighted by Crippen LogP contribution is 2.19. The summed E-state index contributed by atoms with van der Waals surface area (Å²) in [7, 11) is 0. The van der Waals surface area contributed by atoms with Gasteiger partial charge in [-0.15, -0.1) is 5.10 Å². The maximum atomic E-state index is 13.2. The minimum absolute atomic E-state index is 0.0474. The van der Waals surface area contributed by atoms with Crippen LogP contribution in [0, 0.1) is 19.7 Å². The van der Waals surface area contributed by atoms with E-state index in [2.05, 4.69) is 15.1 Å². The summed E-state index contributed by atoms with van der Waals surface area (Å²) in [5.74, 6) is 0.617. The van der Waals surface area contributed by atoms with Gasteiger partial charge in [-0.2, -0.15) is 4.98 Å². The molecule has 0 aliphatic carbocycles. The summed E-state index contributed by atoms with van der Waals surface area (Å²) < 4.78 is 14.9. The summed E-state index contributed by atoms with van der Waals surface area (Å²) in [4.78, 5) is 22.9. The van der Waals surface area contributed by atoms with Crippen molar-refractivity contribution in [3.63, 3.8) is 0 Å². The molecule has 6 nitrogen and oxygen atoms in total. The molecule has 0 bridgehead atoms. The van der Waals surface area contributed by atoms with Crippen LogP contribution < -0.4 is 4.90 Å². The van der Waals surface area contributed by atoms with Crippen molar-refractivity contribution in [2.45, 2.75) is 40.2 Å². The number of hydrogen-bond acceptors (Lipinski definition) is 4. The lowest BCUT2D eigenvalue weighted by atomic mass is 10.2. The van der Waals surface area contributed by atoms with Crippen molar-refractivity contribution in [2.75, 3.05) is 4.90 Å². The number of aryl methyl sites for hydroxylation is 2. The zero-order valence-electron chi connectivity index (χ0n) is 14.5. The van der Waals surface area contributed by atoms with Gasteiger partial charge in [0.15, 0.2) is 5.82 Å². The first-order valence-corrected chi connectivity index (χ1v) is 8.23. The van der Waals surface area contributed by atoms with Crippen molar-refractivity contribution in [1.29, 1.82) is 0 Å². The number of carbonyl (C=O) groups excluding carboxylic acids is 1. The standard InChI is InChI=1S/C18H20FN5O/c1-4-5-17(25)23(15-8-6-14(19)7-9-15)11-16-21-18-20-12(2)10-13(3)24(18)22-16/h6-10H,4-5,11H2,1-3H3. The smallest absolute Gasteiger partial charge is 0.252 e. The summed E-state index contributed by atoms with van der Waals surface area (Å²) in [6.45, 7) is 5.99. The molecule has 1 amide bonds. The minimum atomic E-state index is -0.340. The highest BCUT2D eigenvalue weighted by Gasteiger charge is 2.18. The molecule has 0 aliphatic heterocycles. The van der Waals surface area contributed by atoms with E-state index in [4.69, 9.17) is 0 Å². The lowest BCUT2D eigenvalue weighted by molar-refractivity contribution is -0.118. The zero-order valence-corrected chi connectivity index (χ0v) is 14.5. The largest absolute Gasteiger partial charge is 0.305 e. The van der Waals surface area contributed by atoms with Crippen LogP contribution in [0.1, 0.15) is 37.0 Å². The van der Waals surface area contributed by atoms with Crippen LogP contribution in [-0.2, 0) is 11.3 Å². The molecule has 3 aromatic rings. The monoisotopic (exact) mass is 341 g/mol. The highest BCUT2D eigenvalue weighted by molar-refractivity contribution is 5.93. The molecule has 2 aromatic heterocycles. The topological polar surface area (TPSA) is 63.4 Å². The Balaban J connectivity index is 1.95. The maximum Gasteiger partial charge on any atom is 0.252 e. The molecule has 25 heavy (non-hydrogen) atoms. The van der Waals surface area contributed by atoms with Crippen molar-refractivity contribution in [2.24, 2.45) is 0 Å². The molecule has 7 heteroatoms. The van der Waals surface area contributed by atoms with Crippen molar-refractivity contribution in [3.05, 3.63) is 53.4 Å². The van der Waals surface area contributed by atoms with E-state index >= 15 is 0 Å². The van der Waals surface area contributed by atoms with Crippen LogP contribution in [0.5, 0.6) is 0 Å². The van der Waals surface area contributed by atoms with Crippen LogP contribution in [-0.4, -0.2) is 25.5 Å². The van der Waals surface area contributed by atoms with Gasteiger partial charge in [0, 0.05) is 23.5 Å². The third-order valence-corrected chi connectivity index (χ3v) is 3.86. The van der Waals surface area contributed by atoms with Gasteiger partial charge in [0.25, 0.3) is 5.78 Å². The van der Waals surface area contributed by atoms with Crippen LogP contribution in [0.3, 0.4) is 0 Å². The van der Waals surface area contributed by atoms with E-state index < -0.39 is 0 Å². The number of fused-ring (bicyclic) bond motifs is 1. The fourth-order valence-corrected chi connectivity index (χ4v) is 2.71. The Morgan fingerprint density at radius 2 is 1.92 bits per heavy atom. The Morgan fingerprint density at radius 1 is 1.20 bits per heavy atom. The maximum absolute atomic E-state index is 13.2. The molecule has 1 aromatic carbocycles. The second-order valence-corrected chi connectivity index (χ2v) is 5.99. The van der Waals surface area contributed by atoms with Gasteiger partial charge in [-0.25, -0.2) is 13.9 Å². The van der Waals surface area contributed by atoms with Gasteiger partial charge in [0.05, 0.1) is 6.54 Å². The first-order valence-electron chi connectivity index (χ1n) is 8.23. The number of hydrogen-bond donors (Lipinski definition) is 0. The summed E-state index contributed by atoms with van der Waals surface area (Å²) in [5.41, 5.74) is 2.41. The van der Waals surface area contributed by atoms with Gasteiger partial charge in [-0.3, -0.25) is 4.79 Å². The molecule has 0 fully saturated rings. The van der Waals surface area contributed by atoms with Gasteiger partial charge in [0.2, 0.25) is 5.91 Å². The minimum Gasteiger partial charge on any atom is -0.305 e. The molecule has 0 atom stereocenters. The van der Waals surface area contributed by atoms with Crippen LogP contribution >= 0.6 is 0 Å². The molecule has 0 saturated carbocycles. The van der Waals surface area contributed by atoms with Gasteiger partial charge in [0.1, 0.15) is 5.82 Å². The Kier molecular flexibility index (Phi) is 4.74. The predicted molar refractivity (Wildman–Crippen MR) is 92.8 cm³/mol. The van der Waals surface area contributed by atoms with Crippen molar-refractivity contribution >= 4 is 17.4 Å². The third kappa shape index (κ3) is 3.65. The average molecular weight is 341 g/mol. The predicted octanol–water partition coefficient (Wildman–Crippen LogP) is 3.21. The van der Waals surface area contributed by atoms with Crippen molar-refractivity contribution in [1.82, 2.24) is 19.6 Å². The summed E-state index contributed by atoms with van der Waals surface area (Å²) in [5, 5.41) is 4.45. The lowest BCUT2D eigenvalue weighted by Gasteiger charge is -2.21. The Labute approximate surface area is 145 Å². The first-order chi connectivity index (χ1) is 12.0. The molecule has 130 valence electrons. The van der Waals surface area contributed by atoms with E-state index in [1.807, 2.05) is 26.8 Å². The van der Waals surface area contributed by atoms with Crippen LogP contribution in [0.25, 0.3) is 5.78 Å². The van der Waals surface area contributed by atoms with Crippen LogP contribution in [0.2, 0.25) is 0 Å². The highest BCUT2D eigenvalue weighted by atomic mass is 19.1. The number of nitrogens with zero attached hydrogens (tertiary/aromatic N) is 5. The first kappa shape index (κ1) is 17.0. The zero-order chi connectivity index (χ0) is 18.0. The van der Waals surface area contributed by atoms with Crippen molar-refractivity contribution in [3.8, 4) is 0 Å².